The number of carbonyl (C=O) groups excluding carboxylic acids is 1. The van der Waals surface area contributed by atoms with Gasteiger partial charge in [0.05, 0.1) is 7.14 Å². The lowest BCUT2D eigenvalue weighted by Crippen LogP contribution is -2.27. The van der Waals surface area contributed by atoms with Gasteiger partial charge < -0.3 is 14.2 Å². The highest BCUT2D eigenvalue weighted by atomic mass is 127. The van der Waals surface area contributed by atoms with Gasteiger partial charge >= 0.3 is 5.97 Å². The molecule has 31 heavy (non-hydrogen) atoms. The highest BCUT2D eigenvalue weighted by Gasteiger charge is 2.27. The third-order valence-electron chi connectivity index (χ3n) is 4.43. The van der Waals surface area contributed by atoms with Crippen molar-refractivity contribution >= 4 is 62.0 Å². The maximum absolute atomic E-state index is 12.1. The first-order valence-corrected chi connectivity index (χ1v) is 13.2. The summed E-state index contributed by atoms with van der Waals surface area (Å²) in [7, 11) is -0.765. The molecule has 4 nitrogen and oxygen atoms in total. The van der Waals surface area contributed by atoms with Crippen LogP contribution in [0, 0.1) is 7.14 Å². The van der Waals surface area contributed by atoms with E-state index in [1.54, 1.807) is 0 Å². The summed E-state index contributed by atoms with van der Waals surface area (Å²) < 4.78 is 19.3. The third-order valence-corrected chi connectivity index (χ3v) is 8.51. The van der Waals surface area contributed by atoms with E-state index >= 15 is 0 Å². The molecule has 3 aromatic rings. The average Bonchev–Trinajstić information content (AvgIpc) is 2.70. The first-order valence-electron chi connectivity index (χ1n) is 9.73. The second kappa shape index (κ2) is 9.19. The highest BCUT2D eigenvalue weighted by Crippen LogP contribution is 2.61. The van der Waals surface area contributed by atoms with Crippen LogP contribution in [0.5, 0.6) is 17.2 Å². The van der Waals surface area contributed by atoms with Crippen LogP contribution >= 0.6 is 56.1 Å². The molecule has 0 saturated carbocycles. The van der Waals surface area contributed by atoms with E-state index in [0.29, 0.717) is 5.75 Å². The predicted molar refractivity (Wildman–Crippen MR) is 140 cm³/mol. The number of halogens is 2. The van der Waals surface area contributed by atoms with Crippen molar-refractivity contribution in [3.8, 4) is 17.2 Å². The molecule has 0 N–H and O–H groups in total. The van der Waals surface area contributed by atoms with Crippen molar-refractivity contribution in [2.24, 2.45) is 0 Å². The first kappa shape index (κ1) is 22.7. The monoisotopic (exact) mass is 660 g/mol. The standard InChI is InChI=1S/C24H22I2O4S/c1-24(2,3)30-22(27)14-28-23-16(25)12-15(13-17(23)26)31-20-10-6-4-8-18(20)29-19-9-5-7-11-21(19)31/h4-13,31H,14H2,1-3H3. The number of carbonyl (C=O) groups is 1. The van der Waals surface area contributed by atoms with E-state index in [4.69, 9.17) is 14.2 Å². The van der Waals surface area contributed by atoms with Crippen LogP contribution < -0.4 is 9.47 Å². The molecule has 0 saturated heterocycles. The number of ether oxygens (including phenoxy) is 3. The minimum Gasteiger partial charge on any atom is -0.480 e. The Morgan fingerprint density at radius 1 is 0.935 bits per heavy atom. The van der Waals surface area contributed by atoms with Crippen molar-refractivity contribution in [2.45, 2.75) is 41.1 Å². The molecule has 4 rings (SSSR count). The van der Waals surface area contributed by atoms with Crippen LogP contribution in [0.3, 0.4) is 0 Å². The van der Waals surface area contributed by atoms with Crippen LogP contribution in [0.1, 0.15) is 20.8 Å². The number of esters is 1. The van der Waals surface area contributed by atoms with Crippen molar-refractivity contribution in [3.63, 3.8) is 0 Å². The fourth-order valence-electron chi connectivity index (χ4n) is 3.30. The number of rotatable bonds is 4. The van der Waals surface area contributed by atoms with Gasteiger partial charge in [0.1, 0.15) is 22.8 Å². The lowest BCUT2D eigenvalue weighted by molar-refractivity contribution is -0.157. The van der Waals surface area contributed by atoms with Gasteiger partial charge in [-0.25, -0.2) is 4.79 Å². The molecule has 1 heterocycles. The molecule has 0 atom stereocenters. The second-order valence-electron chi connectivity index (χ2n) is 7.99. The van der Waals surface area contributed by atoms with E-state index in [1.807, 2.05) is 45.0 Å². The van der Waals surface area contributed by atoms with Gasteiger partial charge in [0.25, 0.3) is 0 Å². The third kappa shape index (κ3) is 5.14. The van der Waals surface area contributed by atoms with Gasteiger partial charge in [0.2, 0.25) is 0 Å². The van der Waals surface area contributed by atoms with Crippen LogP contribution in [0.25, 0.3) is 0 Å². The zero-order chi connectivity index (χ0) is 22.2. The van der Waals surface area contributed by atoms with Gasteiger partial charge in [-0.3, -0.25) is 0 Å². The Morgan fingerprint density at radius 3 is 1.97 bits per heavy atom. The minimum atomic E-state index is -0.765. The Kier molecular flexibility index (Phi) is 6.73. The largest absolute Gasteiger partial charge is 0.480 e. The van der Waals surface area contributed by atoms with Crippen LogP contribution in [-0.4, -0.2) is 18.2 Å². The van der Waals surface area contributed by atoms with Gasteiger partial charge in [-0.2, -0.15) is 10.9 Å². The summed E-state index contributed by atoms with van der Waals surface area (Å²) in [6.07, 6.45) is 0. The van der Waals surface area contributed by atoms with E-state index in [2.05, 4.69) is 81.6 Å². The highest BCUT2D eigenvalue weighted by molar-refractivity contribution is 14.1. The Hall–Kier alpha value is -1.46. The van der Waals surface area contributed by atoms with Crippen molar-refractivity contribution in [2.75, 3.05) is 6.61 Å². The molecule has 1 aliphatic heterocycles. The summed E-state index contributed by atoms with van der Waals surface area (Å²) in [5.74, 6) is 2.14. The van der Waals surface area contributed by atoms with E-state index in [1.165, 1.54) is 14.7 Å². The quantitative estimate of drug-likeness (QED) is 0.143. The molecule has 0 unspecified atom stereocenters. The van der Waals surface area contributed by atoms with E-state index in [-0.39, 0.29) is 12.6 Å². The summed E-state index contributed by atoms with van der Waals surface area (Å²) in [4.78, 5) is 15.7. The summed E-state index contributed by atoms with van der Waals surface area (Å²) in [5.41, 5.74) is -0.531. The fourth-order valence-corrected chi connectivity index (χ4v) is 8.35. The molecule has 0 bridgehead atoms. The summed E-state index contributed by atoms with van der Waals surface area (Å²) in [6.45, 7) is 5.42. The van der Waals surface area contributed by atoms with Crippen LogP contribution in [0.2, 0.25) is 0 Å². The molecule has 0 spiro atoms. The lowest BCUT2D eigenvalue weighted by Gasteiger charge is -2.32. The minimum absolute atomic E-state index is 0.114. The fraction of sp³-hybridized carbons (Fsp3) is 0.208. The normalized spacial score (nSPS) is 13.6. The molecule has 0 amide bonds. The van der Waals surface area contributed by atoms with Crippen molar-refractivity contribution in [3.05, 3.63) is 67.8 Å². The first-order chi connectivity index (χ1) is 14.7. The average molecular weight is 660 g/mol. The Labute approximate surface area is 212 Å². The molecular weight excluding hydrogens is 638 g/mol. The number of para-hydroxylation sites is 2. The molecule has 1 aliphatic rings. The smallest absolute Gasteiger partial charge is 0.344 e. The number of thiol groups is 1. The van der Waals surface area contributed by atoms with Gasteiger partial charge in [-0.15, -0.1) is 0 Å². The molecule has 162 valence electrons. The van der Waals surface area contributed by atoms with E-state index in [0.717, 1.165) is 18.6 Å². The Bertz CT molecular complexity index is 1070. The Balaban J connectivity index is 1.67. The van der Waals surface area contributed by atoms with Crippen molar-refractivity contribution < 1.29 is 19.0 Å². The van der Waals surface area contributed by atoms with Gasteiger partial charge in [0, 0.05) is 9.79 Å². The zero-order valence-electron chi connectivity index (χ0n) is 17.3. The maximum atomic E-state index is 12.1. The summed E-state index contributed by atoms with van der Waals surface area (Å²) in [5, 5.41) is 0. The molecule has 0 fully saturated rings. The Morgan fingerprint density at radius 2 is 1.45 bits per heavy atom. The van der Waals surface area contributed by atoms with Crippen molar-refractivity contribution in [1.29, 1.82) is 0 Å². The molecule has 3 aromatic carbocycles. The molecule has 0 aromatic heterocycles. The number of fused-ring (bicyclic) bond motifs is 2. The molecule has 0 radical (unpaired) electrons. The molecule has 0 aliphatic carbocycles. The maximum Gasteiger partial charge on any atom is 0.344 e. The van der Waals surface area contributed by atoms with Crippen LogP contribution in [0.15, 0.2) is 75.4 Å². The number of benzene rings is 3. The summed E-state index contributed by atoms with van der Waals surface area (Å²) in [6, 6.07) is 20.7. The van der Waals surface area contributed by atoms with E-state index in [9.17, 15) is 4.79 Å². The predicted octanol–water partition coefficient (Wildman–Crippen LogP) is 7.20. The van der Waals surface area contributed by atoms with Crippen molar-refractivity contribution in [1.82, 2.24) is 0 Å². The van der Waals surface area contributed by atoms with Crippen LogP contribution in [-0.2, 0) is 9.53 Å². The second-order valence-corrected chi connectivity index (χ2v) is 12.5. The topological polar surface area (TPSA) is 44.8 Å². The van der Waals surface area contributed by atoms with E-state index < -0.39 is 16.5 Å². The summed E-state index contributed by atoms with van der Waals surface area (Å²) >= 11 is 4.56. The van der Waals surface area contributed by atoms with Gasteiger partial charge in [-0.1, -0.05) is 24.3 Å². The zero-order valence-corrected chi connectivity index (χ0v) is 22.5. The SMILES string of the molecule is CC(C)(C)OC(=O)COc1c(I)cc([SH]2c3ccccc3Oc3ccccc32)cc1I. The lowest BCUT2D eigenvalue weighted by atomic mass is 10.2. The van der Waals surface area contributed by atoms with Crippen LogP contribution in [0.4, 0.5) is 0 Å². The van der Waals surface area contributed by atoms with Gasteiger partial charge in [0.15, 0.2) is 6.61 Å². The van der Waals surface area contributed by atoms with Gasteiger partial charge in [-0.05, 0) is 107 Å². The molecular formula is C24H22I2O4S. The number of hydrogen-bond donors (Lipinski definition) is 1. The number of hydrogen-bond acceptors (Lipinski definition) is 4. The molecule has 7 heteroatoms.